The van der Waals surface area contributed by atoms with Gasteiger partial charge >= 0.3 is 6.03 Å². The van der Waals surface area contributed by atoms with Crippen LogP contribution in [0.15, 0.2) is 41.3 Å². The van der Waals surface area contributed by atoms with Gasteiger partial charge in [0.05, 0.1) is 12.7 Å². The number of primary amides is 1. The molecule has 0 atom stereocenters. The smallest absolute Gasteiger partial charge is 0.316 e. The molecule has 0 saturated heterocycles. The van der Waals surface area contributed by atoms with Crippen molar-refractivity contribution in [2.75, 3.05) is 10.6 Å². The van der Waals surface area contributed by atoms with Gasteiger partial charge in [-0.05, 0) is 24.3 Å². The Morgan fingerprint density at radius 1 is 1.29 bits per heavy atom. The van der Waals surface area contributed by atoms with E-state index in [1.165, 1.54) is 6.39 Å². The molecule has 2 amide bonds. The Kier molecular flexibility index (Phi) is 3.25. The Morgan fingerprint density at radius 3 is 2.59 bits per heavy atom. The van der Waals surface area contributed by atoms with Crippen molar-refractivity contribution in [1.82, 2.24) is 4.98 Å². The average molecular weight is 232 g/mol. The first-order chi connectivity index (χ1) is 8.24. The maximum Gasteiger partial charge on any atom is 0.316 e. The van der Waals surface area contributed by atoms with Crippen LogP contribution in [0.3, 0.4) is 0 Å². The molecule has 6 nitrogen and oxygen atoms in total. The minimum atomic E-state index is -0.577. The van der Waals surface area contributed by atoms with Crippen molar-refractivity contribution in [3.05, 3.63) is 42.6 Å². The summed E-state index contributed by atoms with van der Waals surface area (Å²) < 4.78 is 5.08. The van der Waals surface area contributed by atoms with Crippen molar-refractivity contribution in [1.29, 1.82) is 0 Å². The van der Waals surface area contributed by atoms with Crippen molar-refractivity contribution in [3.63, 3.8) is 0 Å². The number of benzene rings is 1. The lowest BCUT2D eigenvalue weighted by Crippen LogP contribution is -2.19. The first-order valence-electron chi connectivity index (χ1n) is 5.02. The van der Waals surface area contributed by atoms with Gasteiger partial charge < -0.3 is 20.8 Å². The van der Waals surface area contributed by atoms with Crippen molar-refractivity contribution in [2.24, 2.45) is 5.73 Å². The molecule has 88 valence electrons. The van der Waals surface area contributed by atoms with E-state index < -0.39 is 6.03 Å². The molecule has 0 bridgehead atoms. The van der Waals surface area contributed by atoms with Gasteiger partial charge in [-0.1, -0.05) is 0 Å². The second kappa shape index (κ2) is 5.02. The number of rotatable bonds is 4. The van der Waals surface area contributed by atoms with E-state index in [0.717, 1.165) is 11.4 Å². The highest BCUT2D eigenvalue weighted by atomic mass is 16.3. The fourth-order valence-electron chi connectivity index (χ4n) is 1.33. The van der Waals surface area contributed by atoms with Crippen molar-refractivity contribution >= 4 is 17.4 Å². The van der Waals surface area contributed by atoms with Crippen LogP contribution in [0.25, 0.3) is 0 Å². The van der Waals surface area contributed by atoms with Crippen molar-refractivity contribution < 1.29 is 9.21 Å². The summed E-state index contributed by atoms with van der Waals surface area (Å²) in [6, 6.07) is 6.61. The molecule has 17 heavy (non-hydrogen) atoms. The Morgan fingerprint density at radius 2 is 2.00 bits per heavy atom. The highest BCUT2D eigenvalue weighted by Crippen LogP contribution is 2.14. The normalized spacial score (nSPS) is 9.88. The fraction of sp³-hybridized carbons (Fsp3) is 0.0909. The molecule has 0 spiro atoms. The van der Waals surface area contributed by atoms with Crippen LogP contribution in [-0.4, -0.2) is 11.0 Å². The van der Waals surface area contributed by atoms with Crippen LogP contribution in [0.1, 0.15) is 5.76 Å². The van der Waals surface area contributed by atoms with Crippen LogP contribution in [0.5, 0.6) is 0 Å². The monoisotopic (exact) mass is 232 g/mol. The van der Waals surface area contributed by atoms with Crippen LogP contribution in [0.2, 0.25) is 0 Å². The van der Waals surface area contributed by atoms with Crippen LogP contribution < -0.4 is 16.4 Å². The number of nitrogens with two attached hydrogens (primary N) is 1. The molecule has 0 fully saturated rings. The summed E-state index contributed by atoms with van der Waals surface area (Å²) in [4.78, 5) is 14.4. The predicted octanol–water partition coefficient (Wildman–Crippen LogP) is 1.78. The summed E-state index contributed by atoms with van der Waals surface area (Å²) >= 11 is 0. The quantitative estimate of drug-likeness (QED) is 0.749. The third kappa shape index (κ3) is 3.23. The molecule has 0 unspecified atom stereocenters. The zero-order valence-electron chi connectivity index (χ0n) is 9.01. The lowest BCUT2D eigenvalue weighted by molar-refractivity contribution is 0.259. The number of aromatic nitrogens is 1. The number of oxazole rings is 1. The molecular formula is C11H12N4O2. The maximum atomic E-state index is 10.6. The molecule has 0 aliphatic heterocycles. The summed E-state index contributed by atoms with van der Waals surface area (Å²) in [6.45, 7) is 0.558. The lowest BCUT2D eigenvalue weighted by Gasteiger charge is -2.05. The van der Waals surface area contributed by atoms with Gasteiger partial charge in [0.1, 0.15) is 5.76 Å². The van der Waals surface area contributed by atoms with E-state index in [1.807, 2.05) is 12.1 Å². The fourth-order valence-corrected chi connectivity index (χ4v) is 1.33. The van der Waals surface area contributed by atoms with Crippen LogP contribution >= 0.6 is 0 Å². The van der Waals surface area contributed by atoms with Crippen molar-refractivity contribution in [2.45, 2.75) is 6.54 Å². The number of urea groups is 1. The second-order valence-electron chi connectivity index (χ2n) is 3.39. The Balaban J connectivity index is 1.91. The van der Waals surface area contributed by atoms with Gasteiger partial charge in [-0.25, -0.2) is 9.78 Å². The minimum Gasteiger partial charge on any atom is -0.447 e. The van der Waals surface area contributed by atoms with Gasteiger partial charge in [-0.3, -0.25) is 0 Å². The summed E-state index contributed by atoms with van der Waals surface area (Å²) in [5, 5.41) is 5.63. The van der Waals surface area contributed by atoms with E-state index in [-0.39, 0.29) is 0 Å². The molecule has 0 aliphatic carbocycles. The largest absolute Gasteiger partial charge is 0.447 e. The standard InChI is InChI=1S/C11H12N4O2/c12-11(16)15-9-3-1-8(2-4-9)14-6-10-5-13-7-17-10/h1-5,7,14H,6H2,(H3,12,15,16). The highest BCUT2D eigenvalue weighted by molar-refractivity contribution is 5.87. The number of hydrogen-bond acceptors (Lipinski definition) is 4. The molecular weight excluding hydrogens is 220 g/mol. The Labute approximate surface area is 97.8 Å². The lowest BCUT2D eigenvalue weighted by atomic mass is 10.3. The molecule has 0 aliphatic rings. The second-order valence-corrected chi connectivity index (χ2v) is 3.39. The Bertz CT molecular complexity index is 479. The summed E-state index contributed by atoms with van der Waals surface area (Å²) in [6.07, 6.45) is 3.03. The van der Waals surface area contributed by atoms with E-state index in [4.69, 9.17) is 10.2 Å². The average Bonchev–Trinajstić information content (AvgIpc) is 2.80. The van der Waals surface area contributed by atoms with Gasteiger partial charge in [-0.2, -0.15) is 0 Å². The number of anilines is 2. The zero-order valence-corrected chi connectivity index (χ0v) is 9.01. The van der Waals surface area contributed by atoms with E-state index in [0.29, 0.717) is 12.2 Å². The van der Waals surface area contributed by atoms with Crippen molar-refractivity contribution in [3.8, 4) is 0 Å². The molecule has 1 aromatic heterocycles. The van der Waals surface area contributed by atoms with E-state index in [1.54, 1.807) is 18.3 Å². The number of nitrogens with one attached hydrogen (secondary N) is 2. The van der Waals surface area contributed by atoms with Crippen LogP contribution in [-0.2, 0) is 6.54 Å². The minimum absolute atomic E-state index is 0.558. The number of carbonyl (C=O) groups is 1. The summed E-state index contributed by atoms with van der Waals surface area (Å²) in [5.74, 6) is 0.754. The van der Waals surface area contributed by atoms with E-state index in [9.17, 15) is 4.79 Å². The zero-order chi connectivity index (χ0) is 12.1. The molecule has 6 heteroatoms. The third-order valence-corrected chi connectivity index (χ3v) is 2.10. The first-order valence-corrected chi connectivity index (χ1v) is 5.02. The number of nitrogens with zero attached hydrogens (tertiary/aromatic N) is 1. The summed E-state index contributed by atoms with van der Waals surface area (Å²) in [5.41, 5.74) is 6.57. The molecule has 4 N–H and O–H groups in total. The topological polar surface area (TPSA) is 93.2 Å². The van der Waals surface area contributed by atoms with E-state index in [2.05, 4.69) is 15.6 Å². The maximum absolute atomic E-state index is 10.6. The number of carbonyl (C=O) groups excluding carboxylic acids is 1. The van der Waals surface area contributed by atoms with Gasteiger partial charge in [0.25, 0.3) is 0 Å². The molecule has 1 heterocycles. The Hall–Kier alpha value is -2.50. The van der Waals surface area contributed by atoms with Gasteiger partial charge in [0.2, 0.25) is 0 Å². The first kappa shape index (κ1) is 11.0. The van der Waals surface area contributed by atoms with Gasteiger partial charge in [0.15, 0.2) is 6.39 Å². The highest BCUT2D eigenvalue weighted by Gasteiger charge is 1.98. The molecule has 1 aromatic carbocycles. The van der Waals surface area contributed by atoms with E-state index >= 15 is 0 Å². The van der Waals surface area contributed by atoms with Gasteiger partial charge in [0, 0.05) is 11.4 Å². The number of amides is 2. The molecule has 0 radical (unpaired) electrons. The van der Waals surface area contributed by atoms with Gasteiger partial charge in [-0.15, -0.1) is 0 Å². The third-order valence-electron chi connectivity index (χ3n) is 2.10. The molecule has 2 rings (SSSR count). The number of hydrogen-bond donors (Lipinski definition) is 3. The predicted molar refractivity (Wildman–Crippen MR) is 63.5 cm³/mol. The van der Waals surface area contributed by atoms with Crippen LogP contribution in [0, 0.1) is 0 Å². The summed E-state index contributed by atoms with van der Waals surface area (Å²) in [7, 11) is 0. The van der Waals surface area contributed by atoms with Crippen LogP contribution in [0.4, 0.5) is 16.2 Å². The molecule has 2 aromatic rings. The molecule has 0 saturated carbocycles. The SMILES string of the molecule is NC(=O)Nc1ccc(NCc2cnco2)cc1.